The lowest BCUT2D eigenvalue weighted by molar-refractivity contribution is -0.114. The predicted octanol–water partition coefficient (Wildman–Crippen LogP) is 4.87. The highest BCUT2D eigenvalue weighted by Crippen LogP contribution is 2.28. The van der Waals surface area contributed by atoms with Crippen molar-refractivity contribution in [1.29, 1.82) is 0 Å². The highest BCUT2D eigenvalue weighted by atomic mass is 32.1. The molecule has 0 aliphatic carbocycles. The predicted molar refractivity (Wildman–Crippen MR) is 111 cm³/mol. The second-order valence-electron chi connectivity index (χ2n) is 6.09. The van der Waals surface area contributed by atoms with Gasteiger partial charge in [0.05, 0.1) is 5.69 Å². The minimum Gasteiger partial charge on any atom is -0.326 e. The normalized spacial score (nSPS) is 10.8. The number of rotatable bonds is 5. The van der Waals surface area contributed by atoms with Crippen LogP contribution in [-0.4, -0.2) is 16.8 Å². The number of aryl methyl sites for hydroxylation is 1. The maximum absolute atomic E-state index is 14.3. The third-order valence-corrected chi connectivity index (χ3v) is 4.66. The molecule has 0 unspecified atom stereocenters. The minimum atomic E-state index is -0.506. The molecule has 5 nitrogen and oxygen atoms in total. The zero-order chi connectivity index (χ0) is 20.1. The summed E-state index contributed by atoms with van der Waals surface area (Å²) < 4.78 is 14.3. The third-order valence-electron chi connectivity index (χ3n) is 3.90. The first kappa shape index (κ1) is 19.4. The van der Waals surface area contributed by atoms with E-state index in [1.165, 1.54) is 30.4 Å². The molecule has 3 aromatic rings. The molecule has 0 atom stereocenters. The van der Waals surface area contributed by atoms with Gasteiger partial charge in [0.25, 0.3) is 0 Å². The second kappa shape index (κ2) is 8.58. The number of nitrogens with one attached hydrogen (secondary N) is 2. The molecule has 0 spiro atoms. The number of anilines is 2. The number of amides is 2. The summed E-state index contributed by atoms with van der Waals surface area (Å²) in [7, 11) is 0. The summed E-state index contributed by atoms with van der Waals surface area (Å²) in [4.78, 5) is 27.4. The van der Waals surface area contributed by atoms with Gasteiger partial charge >= 0.3 is 0 Å². The zero-order valence-electron chi connectivity index (χ0n) is 15.3. The molecule has 0 saturated carbocycles. The van der Waals surface area contributed by atoms with Gasteiger partial charge in [-0.3, -0.25) is 14.9 Å². The van der Waals surface area contributed by atoms with Crippen LogP contribution >= 0.6 is 11.3 Å². The number of aromatic nitrogens is 1. The maximum Gasteiger partial charge on any atom is 0.250 e. The molecule has 1 aromatic heterocycles. The van der Waals surface area contributed by atoms with Crippen LogP contribution in [-0.2, 0) is 9.59 Å². The van der Waals surface area contributed by atoms with Gasteiger partial charge in [0.1, 0.15) is 5.82 Å². The molecular weight excluding hydrogens is 377 g/mol. The minimum absolute atomic E-state index is 0.274. The Balaban J connectivity index is 1.69. The maximum atomic E-state index is 14.3. The highest BCUT2D eigenvalue weighted by Gasteiger charge is 2.11. The number of thiazole rings is 1. The van der Waals surface area contributed by atoms with Gasteiger partial charge in [-0.2, -0.15) is 0 Å². The lowest BCUT2D eigenvalue weighted by Gasteiger charge is -2.04. The van der Waals surface area contributed by atoms with E-state index in [0.717, 1.165) is 11.1 Å². The Kier molecular flexibility index (Phi) is 5.96. The van der Waals surface area contributed by atoms with Gasteiger partial charge in [0.15, 0.2) is 5.13 Å². The number of hydrogen-bond donors (Lipinski definition) is 2. The molecule has 0 radical (unpaired) electrons. The molecule has 28 heavy (non-hydrogen) atoms. The van der Waals surface area contributed by atoms with E-state index in [1.54, 1.807) is 23.6 Å². The van der Waals surface area contributed by atoms with Crippen molar-refractivity contribution in [2.45, 2.75) is 13.8 Å². The summed E-state index contributed by atoms with van der Waals surface area (Å²) in [5.74, 6) is -1.09. The molecule has 0 aliphatic heterocycles. The Morgan fingerprint density at radius 2 is 1.93 bits per heavy atom. The first-order valence-corrected chi connectivity index (χ1v) is 9.38. The average Bonchev–Trinajstić information content (AvgIpc) is 3.08. The molecule has 3 rings (SSSR count). The van der Waals surface area contributed by atoms with E-state index < -0.39 is 5.82 Å². The van der Waals surface area contributed by atoms with Gasteiger partial charge in [0.2, 0.25) is 11.8 Å². The largest absolute Gasteiger partial charge is 0.326 e. The van der Waals surface area contributed by atoms with E-state index in [-0.39, 0.29) is 11.8 Å². The number of benzene rings is 2. The van der Waals surface area contributed by atoms with E-state index in [1.807, 2.05) is 31.2 Å². The van der Waals surface area contributed by atoms with Crippen LogP contribution in [0, 0.1) is 12.7 Å². The summed E-state index contributed by atoms with van der Waals surface area (Å²) >= 11 is 1.21. The van der Waals surface area contributed by atoms with Gasteiger partial charge in [0, 0.05) is 29.6 Å². The molecule has 0 bridgehead atoms. The Morgan fingerprint density at radius 1 is 1.14 bits per heavy atom. The SMILES string of the molecule is CC(=O)Nc1ccc(-c2csc(NC(=O)/C=C/c3ccccc3C)n2)c(F)c1. The van der Waals surface area contributed by atoms with Crippen LogP contribution in [0.2, 0.25) is 0 Å². The third kappa shape index (κ3) is 4.89. The van der Waals surface area contributed by atoms with Gasteiger partial charge < -0.3 is 5.32 Å². The van der Waals surface area contributed by atoms with E-state index in [9.17, 15) is 14.0 Å². The quantitative estimate of drug-likeness (QED) is 0.606. The van der Waals surface area contributed by atoms with Gasteiger partial charge in [-0.05, 0) is 42.3 Å². The Hall–Kier alpha value is -3.32. The van der Waals surface area contributed by atoms with Crippen molar-refractivity contribution in [2.24, 2.45) is 0 Å². The molecule has 0 fully saturated rings. The number of nitrogens with zero attached hydrogens (tertiary/aromatic N) is 1. The fourth-order valence-corrected chi connectivity index (χ4v) is 3.26. The van der Waals surface area contributed by atoms with E-state index in [0.29, 0.717) is 22.1 Å². The van der Waals surface area contributed by atoms with Crippen LogP contribution in [0.4, 0.5) is 15.2 Å². The van der Waals surface area contributed by atoms with Gasteiger partial charge in [-0.15, -0.1) is 11.3 Å². The van der Waals surface area contributed by atoms with Crippen molar-refractivity contribution in [3.63, 3.8) is 0 Å². The Morgan fingerprint density at radius 3 is 2.64 bits per heavy atom. The number of carbonyl (C=O) groups is 2. The van der Waals surface area contributed by atoms with Gasteiger partial charge in [-0.25, -0.2) is 9.37 Å². The van der Waals surface area contributed by atoms with Crippen molar-refractivity contribution in [1.82, 2.24) is 4.98 Å². The first-order valence-electron chi connectivity index (χ1n) is 8.50. The summed E-state index contributed by atoms with van der Waals surface area (Å²) in [6.07, 6.45) is 3.17. The number of halogens is 1. The highest BCUT2D eigenvalue weighted by molar-refractivity contribution is 7.14. The number of hydrogen-bond acceptors (Lipinski definition) is 4. The van der Waals surface area contributed by atoms with Crippen LogP contribution in [0.5, 0.6) is 0 Å². The van der Waals surface area contributed by atoms with Crippen molar-refractivity contribution >= 4 is 40.0 Å². The molecule has 0 saturated heterocycles. The molecule has 142 valence electrons. The summed E-state index contributed by atoms with van der Waals surface area (Å²) in [5, 5.41) is 7.25. The van der Waals surface area contributed by atoms with E-state index in [4.69, 9.17) is 0 Å². The summed E-state index contributed by atoms with van der Waals surface area (Å²) in [6.45, 7) is 3.32. The first-order chi connectivity index (χ1) is 13.4. The van der Waals surface area contributed by atoms with Crippen molar-refractivity contribution in [3.8, 4) is 11.3 Å². The van der Waals surface area contributed by atoms with Crippen LogP contribution in [0.15, 0.2) is 53.9 Å². The average molecular weight is 395 g/mol. The summed E-state index contributed by atoms with van der Waals surface area (Å²) in [6, 6.07) is 12.1. The molecule has 7 heteroatoms. The number of carbonyl (C=O) groups excluding carboxylic acids is 2. The smallest absolute Gasteiger partial charge is 0.250 e. The fourth-order valence-electron chi connectivity index (χ4n) is 2.55. The van der Waals surface area contributed by atoms with E-state index in [2.05, 4.69) is 15.6 Å². The van der Waals surface area contributed by atoms with Crippen LogP contribution < -0.4 is 10.6 Å². The van der Waals surface area contributed by atoms with Crippen molar-refractivity contribution < 1.29 is 14.0 Å². The van der Waals surface area contributed by atoms with Crippen LogP contribution in [0.3, 0.4) is 0 Å². The molecule has 1 heterocycles. The molecular formula is C21H18FN3O2S. The van der Waals surface area contributed by atoms with E-state index >= 15 is 0 Å². The Labute approximate surface area is 165 Å². The fraction of sp³-hybridized carbons (Fsp3) is 0.0952. The zero-order valence-corrected chi connectivity index (χ0v) is 16.1. The lowest BCUT2D eigenvalue weighted by atomic mass is 10.1. The van der Waals surface area contributed by atoms with Crippen LogP contribution in [0.1, 0.15) is 18.1 Å². The second-order valence-corrected chi connectivity index (χ2v) is 6.95. The molecule has 2 aromatic carbocycles. The molecule has 0 aliphatic rings. The van der Waals surface area contributed by atoms with Crippen molar-refractivity contribution in [3.05, 3.63) is 70.9 Å². The monoisotopic (exact) mass is 395 g/mol. The van der Waals surface area contributed by atoms with Gasteiger partial charge in [-0.1, -0.05) is 24.3 Å². The topological polar surface area (TPSA) is 71.1 Å². The Bertz CT molecular complexity index is 1060. The molecule has 2 N–H and O–H groups in total. The van der Waals surface area contributed by atoms with Crippen molar-refractivity contribution in [2.75, 3.05) is 10.6 Å². The molecule has 2 amide bonds. The summed E-state index contributed by atoms with van der Waals surface area (Å²) in [5.41, 5.74) is 3.11. The standard InChI is InChI=1S/C21H18FN3O2S/c1-13-5-3-4-6-15(13)7-10-20(27)25-21-24-19(12-28-21)17-9-8-16(11-18(17)22)23-14(2)26/h3-12H,1-2H3,(H,23,26)(H,24,25,27)/b10-7+. The lowest BCUT2D eigenvalue weighted by Crippen LogP contribution is -2.07. The van der Waals surface area contributed by atoms with Crippen LogP contribution in [0.25, 0.3) is 17.3 Å².